The second-order valence-electron chi connectivity index (χ2n) is 6.05. The molecule has 6 nitrogen and oxygen atoms in total. The summed E-state index contributed by atoms with van der Waals surface area (Å²) in [6, 6.07) is -0.132. The van der Waals surface area contributed by atoms with Crippen molar-refractivity contribution in [3.05, 3.63) is 23.0 Å². The Morgan fingerprint density at radius 2 is 2.08 bits per heavy atom. The fourth-order valence-corrected chi connectivity index (χ4v) is 2.91. The highest BCUT2D eigenvalue weighted by molar-refractivity contribution is 5.58. The van der Waals surface area contributed by atoms with Crippen molar-refractivity contribution in [1.29, 1.82) is 0 Å². The van der Waals surface area contributed by atoms with E-state index in [1.807, 2.05) is 13.8 Å². The van der Waals surface area contributed by atoms with Crippen LogP contribution in [0.3, 0.4) is 0 Å². The molecule has 2 aromatic rings. The molecule has 130 valence electrons. The Hall–Kier alpha value is -2.32. The number of anilines is 3. The van der Waals surface area contributed by atoms with Crippen molar-refractivity contribution < 1.29 is 13.2 Å². The highest BCUT2D eigenvalue weighted by atomic mass is 19.4. The second kappa shape index (κ2) is 5.95. The average molecular weight is 340 g/mol. The first-order valence-electron chi connectivity index (χ1n) is 7.76. The Bertz CT molecular complexity index is 752. The maximum Gasteiger partial charge on any atom is 0.421 e. The predicted molar refractivity (Wildman–Crippen MR) is 84.3 cm³/mol. The van der Waals surface area contributed by atoms with Gasteiger partial charge < -0.3 is 10.6 Å². The monoisotopic (exact) mass is 340 g/mol. The van der Waals surface area contributed by atoms with E-state index in [9.17, 15) is 13.2 Å². The summed E-state index contributed by atoms with van der Waals surface area (Å²) in [7, 11) is 1.78. The van der Waals surface area contributed by atoms with Crippen molar-refractivity contribution >= 4 is 17.6 Å². The van der Waals surface area contributed by atoms with Gasteiger partial charge in [0.25, 0.3) is 0 Å². The van der Waals surface area contributed by atoms with E-state index in [0.29, 0.717) is 5.82 Å². The van der Waals surface area contributed by atoms with Crippen LogP contribution in [0.1, 0.15) is 36.6 Å². The lowest BCUT2D eigenvalue weighted by atomic mass is 10.1. The molecule has 9 heteroatoms. The molecule has 0 aromatic carbocycles. The van der Waals surface area contributed by atoms with Crippen LogP contribution in [0.15, 0.2) is 6.20 Å². The molecule has 1 aliphatic rings. The van der Waals surface area contributed by atoms with Crippen molar-refractivity contribution in [3.8, 4) is 0 Å². The van der Waals surface area contributed by atoms with E-state index in [-0.39, 0.29) is 17.8 Å². The lowest BCUT2D eigenvalue weighted by Gasteiger charge is -2.18. The minimum Gasteiger partial charge on any atom is -0.367 e. The molecule has 0 spiro atoms. The van der Waals surface area contributed by atoms with E-state index in [0.717, 1.165) is 36.7 Å². The number of alkyl halides is 3. The molecule has 0 fully saturated rings. The molecule has 3 heterocycles. The summed E-state index contributed by atoms with van der Waals surface area (Å²) in [4.78, 5) is 7.88. The van der Waals surface area contributed by atoms with Gasteiger partial charge in [0.05, 0.1) is 5.69 Å². The molecule has 0 unspecified atom stereocenters. The predicted octanol–water partition coefficient (Wildman–Crippen LogP) is 3.42. The lowest BCUT2D eigenvalue weighted by molar-refractivity contribution is -0.137. The molecule has 2 N–H and O–H groups in total. The van der Waals surface area contributed by atoms with Crippen molar-refractivity contribution in [2.45, 2.75) is 45.3 Å². The van der Waals surface area contributed by atoms with Crippen molar-refractivity contribution in [2.75, 3.05) is 10.6 Å². The van der Waals surface area contributed by atoms with Crippen LogP contribution in [-0.2, 0) is 19.6 Å². The summed E-state index contributed by atoms with van der Waals surface area (Å²) in [6.45, 7) is 3.77. The number of hydrogen-bond acceptors (Lipinski definition) is 5. The van der Waals surface area contributed by atoms with Gasteiger partial charge in [-0.1, -0.05) is 0 Å². The van der Waals surface area contributed by atoms with Gasteiger partial charge in [-0.25, -0.2) is 4.98 Å². The Balaban J connectivity index is 2.08. The van der Waals surface area contributed by atoms with Gasteiger partial charge >= 0.3 is 6.18 Å². The molecule has 3 rings (SSSR count). The first kappa shape index (κ1) is 16.5. The fourth-order valence-electron chi connectivity index (χ4n) is 2.91. The molecule has 0 amide bonds. The Morgan fingerprint density at radius 1 is 1.33 bits per heavy atom. The minimum absolute atomic E-state index is 0.115. The van der Waals surface area contributed by atoms with Crippen LogP contribution >= 0.6 is 0 Å². The zero-order valence-corrected chi connectivity index (χ0v) is 13.7. The number of nitrogens with one attached hydrogen (secondary N) is 2. The SMILES string of the molecule is Cc1nn(C)c2c1CCC[C@@H](C)Nc1nc(ncc1C(F)(F)F)N2. The van der Waals surface area contributed by atoms with Gasteiger partial charge in [-0.05, 0) is 33.1 Å². The summed E-state index contributed by atoms with van der Waals surface area (Å²) >= 11 is 0. The first-order valence-corrected chi connectivity index (χ1v) is 7.76. The molecule has 1 atom stereocenters. The third kappa shape index (κ3) is 3.15. The number of rotatable bonds is 0. The number of halogens is 3. The molecule has 0 saturated carbocycles. The first-order chi connectivity index (χ1) is 11.3. The lowest BCUT2D eigenvalue weighted by Crippen LogP contribution is -2.20. The van der Waals surface area contributed by atoms with Crippen molar-refractivity contribution in [1.82, 2.24) is 19.7 Å². The number of hydrogen-bond donors (Lipinski definition) is 2. The van der Waals surface area contributed by atoms with Crippen molar-refractivity contribution in [2.24, 2.45) is 7.05 Å². The van der Waals surface area contributed by atoms with Gasteiger partial charge in [-0.3, -0.25) is 4.68 Å². The molecule has 24 heavy (non-hydrogen) atoms. The largest absolute Gasteiger partial charge is 0.421 e. The fraction of sp³-hybridized carbons (Fsp3) is 0.533. The zero-order valence-electron chi connectivity index (χ0n) is 13.7. The molecular formula is C15H19F3N6. The molecule has 0 aliphatic carbocycles. The number of fused-ring (bicyclic) bond motifs is 3. The highest BCUT2D eigenvalue weighted by Gasteiger charge is 2.35. The molecule has 1 aliphatic heterocycles. The Labute approximate surface area is 137 Å². The van der Waals surface area contributed by atoms with E-state index < -0.39 is 11.7 Å². The van der Waals surface area contributed by atoms with Crippen molar-refractivity contribution in [3.63, 3.8) is 0 Å². The smallest absolute Gasteiger partial charge is 0.367 e. The van der Waals surface area contributed by atoms with Gasteiger partial charge in [0.2, 0.25) is 5.95 Å². The maximum absolute atomic E-state index is 13.2. The summed E-state index contributed by atoms with van der Waals surface area (Å²) in [6.07, 6.45) is -1.35. The molecular weight excluding hydrogens is 321 g/mol. The topological polar surface area (TPSA) is 67.7 Å². The Morgan fingerprint density at radius 3 is 2.79 bits per heavy atom. The molecule has 2 bridgehead atoms. The maximum atomic E-state index is 13.2. The third-order valence-electron chi connectivity index (χ3n) is 4.12. The number of aryl methyl sites for hydroxylation is 2. The van der Waals surface area contributed by atoms with Crippen LogP contribution in [0.5, 0.6) is 0 Å². The van der Waals surface area contributed by atoms with Crippen LogP contribution in [0, 0.1) is 6.92 Å². The van der Waals surface area contributed by atoms with E-state index >= 15 is 0 Å². The van der Waals surface area contributed by atoms with Crippen LogP contribution in [0.25, 0.3) is 0 Å². The van der Waals surface area contributed by atoms with Gasteiger partial charge in [-0.2, -0.15) is 23.3 Å². The second-order valence-corrected chi connectivity index (χ2v) is 6.05. The van der Waals surface area contributed by atoms with Crippen LogP contribution in [0.2, 0.25) is 0 Å². The number of aromatic nitrogens is 4. The summed E-state index contributed by atoms with van der Waals surface area (Å²) in [5, 5.41) is 10.3. The van der Waals surface area contributed by atoms with Gasteiger partial charge in [0.1, 0.15) is 17.2 Å². The van der Waals surface area contributed by atoms with Crippen LogP contribution < -0.4 is 10.6 Å². The Kier molecular flexibility index (Phi) is 4.10. The molecule has 0 saturated heterocycles. The minimum atomic E-state index is -4.50. The number of nitrogens with zero attached hydrogens (tertiary/aromatic N) is 4. The van der Waals surface area contributed by atoms with E-state index in [2.05, 4.69) is 25.7 Å². The van der Waals surface area contributed by atoms with E-state index in [1.165, 1.54) is 0 Å². The summed E-state index contributed by atoms with van der Waals surface area (Å²) < 4.78 is 41.2. The summed E-state index contributed by atoms with van der Waals surface area (Å²) in [5.74, 6) is 0.631. The van der Waals surface area contributed by atoms with Gasteiger partial charge in [-0.15, -0.1) is 0 Å². The standard InChI is InChI=1S/C15H19F3N6/c1-8-5-4-6-10-9(2)23-24(3)13(10)22-14-19-7-11(15(16,17)18)12(20-8)21-14/h7-8H,4-6H2,1-3H3,(H2,19,20,21,22)/t8-/m1/s1. The van der Waals surface area contributed by atoms with Gasteiger partial charge in [0.15, 0.2) is 0 Å². The van der Waals surface area contributed by atoms with Crippen LogP contribution in [-0.4, -0.2) is 25.8 Å². The zero-order chi connectivity index (χ0) is 17.5. The van der Waals surface area contributed by atoms with Gasteiger partial charge in [0, 0.05) is 24.8 Å². The molecule has 0 radical (unpaired) electrons. The van der Waals surface area contributed by atoms with Crippen LogP contribution in [0.4, 0.5) is 30.8 Å². The highest BCUT2D eigenvalue weighted by Crippen LogP contribution is 2.35. The average Bonchev–Trinajstić information content (AvgIpc) is 2.72. The summed E-state index contributed by atoms with van der Waals surface area (Å²) in [5.41, 5.74) is 1.07. The van der Waals surface area contributed by atoms with E-state index in [1.54, 1.807) is 11.7 Å². The normalized spacial score (nSPS) is 18.2. The van der Waals surface area contributed by atoms with E-state index in [4.69, 9.17) is 0 Å². The quantitative estimate of drug-likeness (QED) is 0.769. The molecule has 2 aromatic heterocycles. The third-order valence-corrected chi connectivity index (χ3v) is 4.12.